The molecule has 1 unspecified atom stereocenters. The zero-order valence-corrected chi connectivity index (χ0v) is 18.8. The second-order valence-electron chi connectivity index (χ2n) is 8.37. The zero-order chi connectivity index (χ0) is 24.1. The number of amides is 2. The summed E-state index contributed by atoms with van der Waals surface area (Å²) in [5.74, 6) is -1.77. The van der Waals surface area contributed by atoms with Gasteiger partial charge in [-0.1, -0.05) is 67.6 Å². The summed E-state index contributed by atoms with van der Waals surface area (Å²) < 4.78 is 5.50. The summed E-state index contributed by atoms with van der Waals surface area (Å²) in [6.07, 6.45) is -0.701. The van der Waals surface area contributed by atoms with Crippen molar-refractivity contribution in [2.24, 2.45) is 5.92 Å². The predicted molar refractivity (Wildman–Crippen MR) is 129 cm³/mol. The maximum atomic E-state index is 12.5. The third-order valence-corrected chi connectivity index (χ3v) is 5.89. The van der Waals surface area contributed by atoms with E-state index in [0.29, 0.717) is 11.3 Å². The van der Waals surface area contributed by atoms with E-state index in [1.807, 2.05) is 24.3 Å². The van der Waals surface area contributed by atoms with Gasteiger partial charge in [0.25, 0.3) is 0 Å². The number of carboxylic acid groups (broad SMARTS) is 1. The van der Waals surface area contributed by atoms with E-state index in [1.165, 1.54) is 0 Å². The van der Waals surface area contributed by atoms with Crippen LogP contribution in [0.25, 0.3) is 11.1 Å². The van der Waals surface area contributed by atoms with Crippen molar-refractivity contribution in [1.29, 1.82) is 0 Å². The lowest BCUT2D eigenvalue weighted by Crippen LogP contribution is -2.35. The number of benzene rings is 3. The van der Waals surface area contributed by atoms with Crippen molar-refractivity contribution in [3.8, 4) is 11.1 Å². The Balaban J connectivity index is 1.28. The highest BCUT2D eigenvalue weighted by atomic mass is 16.5. The SMILES string of the molecule is CC(CNC(=O)OCC1c2ccccc2-c2ccccc21)C(=O)Nc1cccc(CC(=O)O)c1. The number of carbonyl (C=O) groups is 3. The molecule has 7 heteroatoms. The van der Waals surface area contributed by atoms with E-state index in [9.17, 15) is 14.4 Å². The van der Waals surface area contributed by atoms with Gasteiger partial charge < -0.3 is 20.5 Å². The van der Waals surface area contributed by atoms with E-state index < -0.39 is 18.0 Å². The van der Waals surface area contributed by atoms with Crippen molar-refractivity contribution in [2.45, 2.75) is 19.3 Å². The standard InChI is InChI=1S/C27H26N2O5/c1-17(26(32)29-19-8-6-7-18(13-19)14-25(30)31)15-28-27(33)34-16-24-22-11-4-2-9-20(22)21-10-3-5-12-23(21)24/h2-13,17,24H,14-16H2,1H3,(H,28,33)(H,29,32)(H,30,31). The molecular formula is C27H26N2O5. The fourth-order valence-corrected chi connectivity index (χ4v) is 4.18. The molecule has 0 heterocycles. The van der Waals surface area contributed by atoms with Gasteiger partial charge in [-0.25, -0.2) is 4.79 Å². The van der Waals surface area contributed by atoms with Crippen molar-refractivity contribution in [3.63, 3.8) is 0 Å². The van der Waals surface area contributed by atoms with E-state index in [1.54, 1.807) is 31.2 Å². The molecule has 1 atom stereocenters. The van der Waals surface area contributed by atoms with Gasteiger partial charge in [0.1, 0.15) is 6.61 Å². The van der Waals surface area contributed by atoms with Crippen LogP contribution in [0.15, 0.2) is 72.8 Å². The number of hydrogen-bond acceptors (Lipinski definition) is 4. The molecule has 3 aromatic carbocycles. The number of carboxylic acids is 1. The lowest BCUT2D eigenvalue weighted by Gasteiger charge is -2.16. The van der Waals surface area contributed by atoms with Crippen LogP contribution in [0.1, 0.15) is 29.5 Å². The molecule has 4 rings (SSSR count). The van der Waals surface area contributed by atoms with Gasteiger partial charge in [-0.05, 0) is 39.9 Å². The summed E-state index contributed by atoms with van der Waals surface area (Å²) in [4.78, 5) is 35.7. The molecule has 0 bridgehead atoms. The minimum Gasteiger partial charge on any atom is -0.481 e. The van der Waals surface area contributed by atoms with Crippen molar-refractivity contribution < 1.29 is 24.2 Å². The Morgan fingerprint density at radius 3 is 2.24 bits per heavy atom. The van der Waals surface area contributed by atoms with Crippen LogP contribution in [0.5, 0.6) is 0 Å². The van der Waals surface area contributed by atoms with Crippen LogP contribution in [-0.2, 0) is 20.7 Å². The second kappa shape index (κ2) is 10.2. The molecular weight excluding hydrogens is 432 g/mol. The van der Waals surface area contributed by atoms with Gasteiger partial charge in [0.05, 0.1) is 12.3 Å². The maximum Gasteiger partial charge on any atom is 0.407 e. The van der Waals surface area contributed by atoms with Crippen molar-refractivity contribution in [2.75, 3.05) is 18.5 Å². The number of aliphatic carboxylic acids is 1. The van der Waals surface area contributed by atoms with Gasteiger partial charge in [-0.15, -0.1) is 0 Å². The fraction of sp³-hybridized carbons (Fsp3) is 0.222. The first kappa shape index (κ1) is 23.0. The van der Waals surface area contributed by atoms with Crippen LogP contribution in [-0.4, -0.2) is 36.2 Å². The number of anilines is 1. The summed E-state index contributed by atoms with van der Waals surface area (Å²) in [7, 11) is 0. The molecule has 0 fully saturated rings. The van der Waals surface area contributed by atoms with Crippen LogP contribution in [0.4, 0.5) is 10.5 Å². The smallest absolute Gasteiger partial charge is 0.407 e. The molecule has 174 valence electrons. The third-order valence-electron chi connectivity index (χ3n) is 5.89. The third kappa shape index (κ3) is 5.26. The molecule has 0 aromatic heterocycles. The lowest BCUT2D eigenvalue weighted by molar-refractivity contribution is -0.136. The quantitative estimate of drug-likeness (QED) is 0.463. The van der Waals surface area contributed by atoms with Crippen molar-refractivity contribution in [1.82, 2.24) is 5.32 Å². The molecule has 0 spiro atoms. The highest BCUT2D eigenvalue weighted by molar-refractivity contribution is 5.93. The molecule has 1 aliphatic rings. The Morgan fingerprint density at radius 1 is 0.941 bits per heavy atom. The Hall–Kier alpha value is -4.13. The average molecular weight is 459 g/mol. The summed E-state index contributed by atoms with van der Waals surface area (Å²) >= 11 is 0. The van der Waals surface area contributed by atoms with Crippen LogP contribution in [0, 0.1) is 5.92 Å². The molecule has 7 nitrogen and oxygen atoms in total. The Bertz CT molecular complexity index is 1180. The topological polar surface area (TPSA) is 105 Å². The van der Waals surface area contributed by atoms with Gasteiger partial charge in [-0.3, -0.25) is 9.59 Å². The minimum absolute atomic E-state index is 0.0306. The average Bonchev–Trinajstić information content (AvgIpc) is 3.14. The van der Waals surface area contributed by atoms with Gasteiger partial charge in [0.15, 0.2) is 0 Å². The highest BCUT2D eigenvalue weighted by Crippen LogP contribution is 2.44. The molecule has 0 radical (unpaired) electrons. The van der Waals surface area contributed by atoms with Crippen LogP contribution >= 0.6 is 0 Å². The number of nitrogens with one attached hydrogen (secondary N) is 2. The first-order valence-corrected chi connectivity index (χ1v) is 11.1. The van der Waals surface area contributed by atoms with E-state index >= 15 is 0 Å². The van der Waals surface area contributed by atoms with Crippen LogP contribution in [0.3, 0.4) is 0 Å². The number of fused-ring (bicyclic) bond motifs is 3. The molecule has 0 saturated carbocycles. The zero-order valence-electron chi connectivity index (χ0n) is 18.8. The number of hydrogen-bond donors (Lipinski definition) is 3. The molecule has 1 aliphatic carbocycles. The molecule has 0 saturated heterocycles. The van der Waals surface area contributed by atoms with Crippen LogP contribution < -0.4 is 10.6 Å². The largest absolute Gasteiger partial charge is 0.481 e. The number of alkyl carbamates (subject to hydrolysis) is 1. The highest BCUT2D eigenvalue weighted by Gasteiger charge is 2.29. The van der Waals surface area contributed by atoms with Gasteiger partial charge >= 0.3 is 12.1 Å². The monoisotopic (exact) mass is 458 g/mol. The van der Waals surface area contributed by atoms with E-state index in [0.717, 1.165) is 22.3 Å². The summed E-state index contributed by atoms with van der Waals surface area (Å²) in [5.41, 5.74) is 5.69. The van der Waals surface area contributed by atoms with Gasteiger partial charge in [0, 0.05) is 18.2 Å². The maximum absolute atomic E-state index is 12.5. The van der Waals surface area contributed by atoms with E-state index in [4.69, 9.17) is 9.84 Å². The molecule has 34 heavy (non-hydrogen) atoms. The number of ether oxygens (including phenoxy) is 1. The van der Waals surface area contributed by atoms with Gasteiger partial charge in [-0.2, -0.15) is 0 Å². The van der Waals surface area contributed by atoms with E-state index in [2.05, 4.69) is 34.9 Å². The molecule has 0 aliphatic heterocycles. The molecule has 3 aromatic rings. The summed E-state index contributed by atoms with van der Waals surface area (Å²) in [5, 5.41) is 14.3. The fourth-order valence-electron chi connectivity index (χ4n) is 4.18. The van der Waals surface area contributed by atoms with Crippen molar-refractivity contribution >= 4 is 23.7 Å². The summed E-state index contributed by atoms with van der Waals surface area (Å²) in [6, 6.07) is 22.9. The minimum atomic E-state index is -0.941. The van der Waals surface area contributed by atoms with Crippen molar-refractivity contribution in [3.05, 3.63) is 89.5 Å². The molecule has 3 N–H and O–H groups in total. The first-order chi connectivity index (χ1) is 16.4. The number of carbonyl (C=O) groups excluding carboxylic acids is 2. The second-order valence-corrected chi connectivity index (χ2v) is 8.37. The first-order valence-electron chi connectivity index (χ1n) is 11.1. The summed E-state index contributed by atoms with van der Waals surface area (Å²) in [6.45, 7) is 2.01. The molecule has 2 amide bonds. The van der Waals surface area contributed by atoms with Gasteiger partial charge in [0.2, 0.25) is 5.91 Å². The van der Waals surface area contributed by atoms with E-state index in [-0.39, 0.29) is 31.4 Å². The Kier molecular flexibility index (Phi) is 6.92. The normalized spacial score (nSPS) is 12.9. The predicted octanol–water partition coefficient (Wildman–Crippen LogP) is 4.43. The number of rotatable bonds is 8. The lowest BCUT2D eigenvalue weighted by atomic mass is 9.98. The Labute approximate surface area is 197 Å². The Morgan fingerprint density at radius 2 is 1.59 bits per heavy atom. The van der Waals surface area contributed by atoms with Crippen LogP contribution in [0.2, 0.25) is 0 Å².